The van der Waals surface area contributed by atoms with E-state index in [9.17, 15) is 9.59 Å². The van der Waals surface area contributed by atoms with Crippen LogP contribution in [0.3, 0.4) is 0 Å². The first kappa shape index (κ1) is 11.2. The highest BCUT2D eigenvalue weighted by Crippen LogP contribution is 2.30. The number of hydrogen-bond donors (Lipinski definition) is 0. The molecule has 2 fully saturated rings. The van der Waals surface area contributed by atoms with Gasteiger partial charge in [0, 0.05) is 0 Å². The van der Waals surface area contributed by atoms with Gasteiger partial charge >= 0.3 is 0 Å². The quantitative estimate of drug-likeness (QED) is 0.520. The van der Waals surface area contributed by atoms with E-state index in [-0.39, 0.29) is 11.8 Å². The monoisotopic (exact) mass is 221 g/mol. The summed E-state index contributed by atoms with van der Waals surface area (Å²) in [7, 11) is 0. The number of carbonyl (C=O) groups excluding carboxylic acids is 2. The van der Waals surface area contributed by atoms with Gasteiger partial charge in [-0.25, -0.2) is 0 Å². The van der Waals surface area contributed by atoms with Crippen LogP contribution in [0.15, 0.2) is 0 Å². The van der Waals surface area contributed by atoms with Crippen LogP contribution >= 0.6 is 0 Å². The maximum Gasteiger partial charge on any atom is 0.259 e. The van der Waals surface area contributed by atoms with E-state index in [1.807, 2.05) is 6.92 Å². The molecule has 3 unspecified atom stereocenters. The average molecular weight is 221 g/mol. The third-order valence-electron chi connectivity index (χ3n) is 3.11. The van der Waals surface area contributed by atoms with Crippen LogP contribution in [-0.4, -0.2) is 35.0 Å². The third kappa shape index (κ3) is 1.61. The van der Waals surface area contributed by atoms with Crippen molar-refractivity contribution in [3.8, 4) is 12.3 Å². The fraction of sp³-hybridized carbons (Fsp3) is 0.667. The molecule has 0 spiro atoms. The smallest absolute Gasteiger partial charge is 0.259 e. The summed E-state index contributed by atoms with van der Waals surface area (Å²) in [6, 6.07) is -0.406. The number of morpholine rings is 1. The predicted octanol–water partition coefficient (Wildman–Crippen LogP) is 0.705. The highest BCUT2D eigenvalue weighted by Gasteiger charge is 2.48. The first-order valence-electron chi connectivity index (χ1n) is 5.67. The van der Waals surface area contributed by atoms with Crippen LogP contribution in [-0.2, 0) is 14.3 Å². The lowest BCUT2D eigenvalue weighted by Gasteiger charge is -2.33. The molecule has 3 atom stereocenters. The van der Waals surface area contributed by atoms with Crippen LogP contribution in [0.1, 0.15) is 32.6 Å². The van der Waals surface area contributed by atoms with E-state index in [2.05, 4.69) is 5.92 Å². The Morgan fingerprint density at radius 1 is 1.44 bits per heavy atom. The molecule has 0 saturated carbocycles. The number of rotatable bonds is 3. The summed E-state index contributed by atoms with van der Waals surface area (Å²) < 4.78 is 5.32. The standard InChI is InChI=1S/C12H15NO3/c1-3-5-8(4-2)13-11(14)9-6-7-10(16-9)12(13)15/h2,8-10H,3,5-7H2,1H3. The minimum absolute atomic E-state index is 0.254. The van der Waals surface area contributed by atoms with Crippen LogP contribution in [0, 0.1) is 12.3 Å². The van der Waals surface area contributed by atoms with Crippen molar-refractivity contribution in [1.29, 1.82) is 0 Å². The van der Waals surface area contributed by atoms with Crippen LogP contribution in [0.4, 0.5) is 0 Å². The Morgan fingerprint density at radius 2 is 2.00 bits per heavy atom. The van der Waals surface area contributed by atoms with Gasteiger partial charge in [-0.05, 0) is 19.3 Å². The van der Waals surface area contributed by atoms with Crippen molar-refractivity contribution in [1.82, 2.24) is 4.90 Å². The molecule has 2 heterocycles. The molecule has 4 heteroatoms. The van der Waals surface area contributed by atoms with Gasteiger partial charge in [0.2, 0.25) is 0 Å². The summed E-state index contributed by atoms with van der Waals surface area (Å²) in [6.07, 6.45) is 7.27. The van der Waals surface area contributed by atoms with E-state index in [1.165, 1.54) is 4.90 Å². The third-order valence-corrected chi connectivity index (χ3v) is 3.11. The molecule has 0 aliphatic carbocycles. The van der Waals surface area contributed by atoms with Crippen LogP contribution in [0.25, 0.3) is 0 Å². The topological polar surface area (TPSA) is 46.6 Å². The second kappa shape index (κ2) is 4.26. The van der Waals surface area contributed by atoms with Crippen LogP contribution in [0.5, 0.6) is 0 Å². The van der Waals surface area contributed by atoms with Gasteiger partial charge < -0.3 is 4.74 Å². The summed E-state index contributed by atoms with van der Waals surface area (Å²) in [4.78, 5) is 25.2. The van der Waals surface area contributed by atoms with E-state index in [0.717, 1.165) is 6.42 Å². The number of fused-ring (bicyclic) bond motifs is 2. The molecule has 0 aromatic heterocycles. The highest BCUT2D eigenvalue weighted by molar-refractivity contribution is 6.03. The van der Waals surface area contributed by atoms with Gasteiger partial charge in [0.1, 0.15) is 18.2 Å². The van der Waals surface area contributed by atoms with E-state index >= 15 is 0 Å². The number of imide groups is 1. The lowest BCUT2D eigenvalue weighted by Crippen LogP contribution is -2.55. The molecule has 2 rings (SSSR count). The second-order valence-corrected chi connectivity index (χ2v) is 4.21. The first-order chi connectivity index (χ1) is 7.69. The molecule has 2 bridgehead atoms. The van der Waals surface area contributed by atoms with Gasteiger partial charge in [-0.1, -0.05) is 19.3 Å². The maximum atomic E-state index is 12.0. The molecule has 16 heavy (non-hydrogen) atoms. The van der Waals surface area contributed by atoms with E-state index < -0.39 is 18.2 Å². The minimum Gasteiger partial charge on any atom is -0.355 e. The highest BCUT2D eigenvalue weighted by atomic mass is 16.5. The Kier molecular flexibility index (Phi) is 2.97. The van der Waals surface area contributed by atoms with Crippen molar-refractivity contribution in [2.75, 3.05) is 0 Å². The van der Waals surface area contributed by atoms with Gasteiger partial charge in [-0.3, -0.25) is 14.5 Å². The number of nitrogens with zero attached hydrogens (tertiary/aromatic N) is 1. The molecule has 4 nitrogen and oxygen atoms in total. The lowest BCUT2D eigenvalue weighted by atomic mass is 10.1. The average Bonchev–Trinajstić information content (AvgIpc) is 2.72. The zero-order chi connectivity index (χ0) is 11.7. The van der Waals surface area contributed by atoms with Crippen molar-refractivity contribution in [2.24, 2.45) is 0 Å². The van der Waals surface area contributed by atoms with Gasteiger partial charge in [0.25, 0.3) is 11.8 Å². The van der Waals surface area contributed by atoms with Crippen molar-refractivity contribution >= 4 is 11.8 Å². The van der Waals surface area contributed by atoms with Gasteiger partial charge in [-0.2, -0.15) is 0 Å². The Hall–Kier alpha value is -1.34. The molecule has 0 aromatic rings. The SMILES string of the molecule is C#CC(CCC)N1C(=O)C2CCC(O2)C1=O. The summed E-state index contributed by atoms with van der Waals surface area (Å²) in [6.45, 7) is 1.98. The first-order valence-corrected chi connectivity index (χ1v) is 5.67. The molecule has 0 aromatic carbocycles. The van der Waals surface area contributed by atoms with Crippen molar-refractivity contribution in [3.63, 3.8) is 0 Å². The Morgan fingerprint density at radius 3 is 2.44 bits per heavy atom. The van der Waals surface area contributed by atoms with E-state index in [4.69, 9.17) is 11.2 Å². The van der Waals surface area contributed by atoms with E-state index in [1.54, 1.807) is 0 Å². The van der Waals surface area contributed by atoms with Gasteiger partial charge in [-0.15, -0.1) is 6.42 Å². The van der Waals surface area contributed by atoms with Gasteiger partial charge in [0.05, 0.1) is 0 Å². The summed E-state index contributed by atoms with van der Waals surface area (Å²) >= 11 is 0. The summed E-state index contributed by atoms with van der Waals surface area (Å²) in [5.41, 5.74) is 0. The largest absolute Gasteiger partial charge is 0.355 e. The zero-order valence-electron chi connectivity index (χ0n) is 9.31. The van der Waals surface area contributed by atoms with Crippen molar-refractivity contribution in [3.05, 3.63) is 0 Å². The molecule has 0 N–H and O–H groups in total. The number of terminal acetylenes is 1. The molecule has 2 aliphatic heterocycles. The second-order valence-electron chi connectivity index (χ2n) is 4.21. The van der Waals surface area contributed by atoms with Crippen molar-refractivity contribution < 1.29 is 14.3 Å². The summed E-state index contributed by atoms with van der Waals surface area (Å²) in [5, 5.41) is 0. The van der Waals surface area contributed by atoms with Crippen LogP contribution < -0.4 is 0 Å². The Balaban J connectivity index is 2.22. The number of carbonyl (C=O) groups is 2. The fourth-order valence-electron chi connectivity index (χ4n) is 2.29. The molecule has 86 valence electrons. The maximum absolute atomic E-state index is 12.0. The number of hydrogen-bond acceptors (Lipinski definition) is 3. The van der Waals surface area contributed by atoms with Gasteiger partial charge in [0.15, 0.2) is 0 Å². The van der Waals surface area contributed by atoms with E-state index in [0.29, 0.717) is 19.3 Å². The number of ether oxygens (including phenoxy) is 1. The number of likely N-dealkylation sites (tertiary alicyclic amines) is 1. The normalized spacial score (nSPS) is 30.4. The molecular formula is C12H15NO3. The fourth-order valence-corrected chi connectivity index (χ4v) is 2.29. The summed E-state index contributed by atoms with van der Waals surface area (Å²) in [5.74, 6) is 2.02. The molecular weight excluding hydrogens is 206 g/mol. The Bertz CT molecular complexity index is 336. The lowest BCUT2D eigenvalue weighted by molar-refractivity contribution is -0.170. The minimum atomic E-state index is -0.449. The van der Waals surface area contributed by atoms with Crippen LogP contribution in [0.2, 0.25) is 0 Å². The number of amides is 2. The molecule has 2 amide bonds. The molecule has 2 aliphatic rings. The zero-order valence-corrected chi connectivity index (χ0v) is 9.31. The Labute approximate surface area is 94.9 Å². The van der Waals surface area contributed by atoms with Crippen molar-refractivity contribution in [2.45, 2.75) is 50.9 Å². The molecule has 0 radical (unpaired) electrons. The predicted molar refractivity (Wildman–Crippen MR) is 57.3 cm³/mol. The molecule has 2 saturated heterocycles.